The molecule has 6 heteroatoms. The smallest absolute Gasteiger partial charge is 0.228 e. The van der Waals surface area contributed by atoms with Crippen LogP contribution in [0.4, 0.5) is 11.5 Å². The summed E-state index contributed by atoms with van der Waals surface area (Å²) in [5.74, 6) is 0.524. The van der Waals surface area contributed by atoms with E-state index in [-0.39, 0.29) is 24.2 Å². The molecule has 2 amide bonds. The van der Waals surface area contributed by atoms with Crippen LogP contribution < -0.4 is 16.4 Å². The third-order valence-corrected chi connectivity index (χ3v) is 2.62. The minimum absolute atomic E-state index is 0.0161. The lowest BCUT2D eigenvalue weighted by Gasteiger charge is -2.06. The molecule has 18 heavy (non-hydrogen) atoms. The molecule has 0 aromatic carbocycles. The van der Waals surface area contributed by atoms with E-state index in [0.717, 1.165) is 12.8 Å². The molecule has 96 valence electrons. The van der Waals surface area contributed by atoms with Crippen LogP contribution in [0, 0.1) is 5.92 Å². The topological polar surface area (TPSA) is 97.1 Å². The molecule has 1 aliphatic rings. The Bertz CT molecular complexity index is 440. The molecule has 1 aromatic rings. The van der Waals surface area contributed by atoms with Crippen LogP contribution in [0.25, 0.3) is 0 Å². The maximum absolute atomic E-state index is 11.5. The Kier molecular flexibility index (Phi) is 3.88. The number of nitrogens with zero attached hydrogens (tertiary/aromatic N) is 1. The van der Waals surface area contributed by atoms with E-state index in [9.17, 15) is 9.59 Å². The summed E-state index contributed by atoms with van der Waals surface area (Å²) in [5, 5.41) is 5.39. The second-order valence-corrected chi connectivity index (χ2v) is 4.28. The Hall–Kier alpha value is -1.95. The van der Waals surface area contributed by atoms with Gasteiger partial charge in [0.1, 0.15) is 5.82 Å². The van der Waals surface area contributed by atoms with Crippen LogP contribution in [0.1, 0.15) is 19.3 Å². The molecule has 1 aromatic heterocycles. The predicted molar refractivity (Wildman–Crippen MR) is 67.9 cm³/mol. The molecule has 0 atom stereocenters. The summed E-state index contributed by atoms with van der Waals surface area (Å²) in [5.41, 5.74) is 5.87. The molecule has 0 bridgehead atoms. The number of nitrogens with one attached hydrogen (secondary N) is 2. The van der Waals surface area contributed by atoms with Gasteiger partial charge in [-0.05, 0) is 25.0 Å². The van der Waals surface area contributed by atoms with Crippen molar-refractivity contribution in [1.29, 1.82) is 0 Å². The fourth-order valence-electron chi connectivity index (χ4n) is 1.47. The first kappa shape index (κ1) is 12.5. The van der Waals surface area contributed by atoms with Gasteiger partial charge in [0.05, 0.1) is 11.9 Å². The molecule has 0 aliphatic heterocycles. The molecule has 4 N–H and O–H groups in total. The van der Waals surface area contributed by atoms with Crippen molar-refractivity contribution in [2.75, 3.05) is 17.2 Å². The first-order chi connectivity index (χ1) is 8.69. The first-order valence-electron chi connectivity index (χ1n) is 5.96. The van der Waals surface area contributed by atoms with E-state index in [0.29, 0.717) is 18.1 Å². The summed E-state index contributed by atoms with van der Waals surface area (Å²) < 4.78 is 0. The van der Waals surface area contributed by atoms with Crippen molar-refractivity contribution in [2.24, 2.45) is 11.7 Å². The molecule has 2 rings (SSSR count). The summed E-state index contributed by atoms with van der Waals surface area (Å²) in [6, 6.07) is 3.36. The molecule has 1 saturated carbocycles. The summed E-state index contributed by atoms with van der Waals surface area (Å²) >= 11 is 0. The van der Waals surface area contributed by atoms with E-state index in [1.165, 1.54) is 6.20 Å². The van der Waals surface area contributed by atoms with Crippen molar-refractivity contribution >= 4 is 23.3 Å². The summed E-state index contributed by atoms with van der Waals surface area (Å²) in [6.07, 6.45) is 3.70. The SMILES string of the molecule is NCCC(=O)Nc1ccc(NC(=O)C2CC2)nc1. The first-order valence-corrected chi connectivity index (χ1v) is 5.96. The lowest BCUT2D eigenvalue weighted by Crippen LogP contribution is -2.17. The number of hydrogen-bond donors (Lipinski definition) is 3. The number of amides is 2. The van der Waals surface area contributed by atoms with Crippen molar-refractivity contribution in [3.8, 4) is 0 Å². The second-order valence-electron chi connectivity index (χ2n) is 4.28. The zero-order valence-electron chi connectivity index (χ0n) is 9.98. The van der Waals surface area contributed by atoms with E-state index in [1.54, 1.807) is 12.1 Å². The maximum atomic E-state index is 11.5. The number of carbonyl (C=O) groups excluding carboxylic acids is 2. The van der Waals surface area contributed by atoms with Crippen LogP contribution in [0.2, 0.25) is 0 Å². The number of hydrogen-bond acceptors (Lipinski definition) is 4. The van der Waals surface area contributed by atoms with Gasteiger partial charge in [-0.15, -0.1) is 0 Å². The lowest BCUT2D eigenvalue weighted by molar-refractivity contribution is -0.117. The predicted octanol–water partition coefficient (Wildman–Crippen LogP) is 0.717. The zero-order valence-corrected chi connectivity index (χ0v) is 9.98. The number of carbonyl (C=O) groups is 2. The van der Waals surface area contributed by atoms with E-state index in [4.69, 9.17) is 5.73 Å². The van der Waals surface area contributed by atoms with Crippen molar-refractivity contribution in [1.82, 2.24) is 4.98 Å². The number of rotatable bonds is 5. The van der Waals surface area contributed by atoms with Crippen molar-refractivity contribution in [2.45, 2.75) is 19.3 Å². The van der Waals surface area contributed by atoms with Crippen molar-refractivity contribution in [3.63, 3.8) is 0 Å². The van der Waals surface area contributed by atoms with Crippen LogP contribution in [0.15, 0.2) is 18.3 Å². The average Bonchev–Trinajstić information content (AvgIpc) is 3.16. The van der Waals surface area contributed by atoms with E-state index >= 15 is 0 Å². The Morgan fingerprint density at radius 3 is 2.67 bits per heavy atom. The summed E-state index contributed by atoms with van der Waals surface area (Å²) in [7, 11) is 0. The normalized spacial score (nSPS) is 14.1. The second kappa shape index (κ2) is 5.59. The molecule has 1 aliphatic carbocycles. The lowest BCUT2D eigenvalue weighted by atomic mass is 10.3. The molecular weight excluding hydrogens is 232 g/mol. The zero-order chi connectivity index (χ0) is 13.0. The van der Waals surface area contributed by atoms with E-state index in [1.807, 2.05) is 0 Å². The Morgan fingerprint density at radius 1 is 1.33 bits per heavy atom. The van der Waals surface area contributed by atoms with Gasteiger partial charge < -0.3 is 16.4 Å². The fraction of sp³-hybridized carbons (Fsp3) is 0.417. The Balaban J connectivity index is 1.88. The van der Waals surface area contributed by atoms with Gasteiger partial charge in [0.15, 0.2) is 0 Å². The highest BCUT2D eigenvalue weighted by Crippen LogP contribution is 2.29. The maximum Gasteiger partial charge on any atom is 0.228 e. The highest BCUT2D eigenvalue weighted by atomic mass is 16.2. The highest BCUT2D eigenvalue weighted by Gasteiger charge is 2.29. The van der Waals surface area contributed by atoms with Gasteiger partial charge in [-0.2, -0.15) is 0 Å². The van der Waals surface area contributed by atoms with Crippen molar-refractivity contribution < 1.29 is 9.59 Å². The molecule has 0 spiro atoms. The molecule has 0 saturated heterocycles. The molecule has 6 nitrogen and oxygen atoms in total. The number of aromatic nitrogens is 1. The molecule has 0 unspecified atom stereocenters. The van der Waals surface area contributed by atoms with Gasteiger partial charge in [-0.25, -0.2) is 4.98 Å². The molecule has 1 heterocycles. The van der Waals surface area contributed by atoms with Crippen LogP contribution in [-0.2, 0) is 9.59 Å². The van der Waals surface area contributed by atoms with Crippen LogP contribution >= 0.6 is 0 Å². The van der Waals surface area contributed by atoms with E-state index < -0.39 is 0 Å². The van der Waals surface area contributed by atoms with Gasteiger partial charge in [-0.1, -0.05) is 0 Å². The number of pyridine rings is 1. The standard InChI is InChI=1S/C12H16N4O2/c13-6-5-11(17)15-9-3-4-10(14-7-9)16-12(18)8-1-2-8/h3-4,7-8H,1-2,5-6,13H2,(H,15,17)(H,14,16,18). The van der Waals surface area contributed by atoms with Gasteiger partial charge in [0.2, 0.25) is 11.8 Å². The number of nitrogens with two attached hydrogens (primary N) is 1. The summed E-state index contributed by atoms with van der Waals surface area (Å²) in [6.45, 7) is 0.314. The Labute approximate surface area is 105 Å². The quantitative estimate of drug-likeness (QED) is 0.715. The highest BCUT2D eigenvalue weighted by molar-refractivity contribution is 5.94. The molecule has 1 fully saturated rings. The summed E-state index contributed by atoms with van der Waals surface area (Å²) in [4.78, 5) is 26.8. The van der Waals surface area contributed by atoms with Crippen LogP contribution in [-0.4, -0.2) is 23.3 Å². The third kappa shape index (κ3) is 3.53. The van der Waals surface area contributed by atoms with Crippen LogP contribution in [0.3, 0.4) is 0 Å². The Morgan fingerprint density at radius 2 is 2.11 bits per heavy atom. The largest absolute Gasteiger partial charge is 0.330 e. The van der Waals surface area contributed by atoms with Gasteiger partial charge in [0, 0.05) is 18.9 Å². The van der Waals surface area contributed by atoms with Gasteiger partial charge in [0.25, 0.3) is 0 Å². The fourth-order valence-corrected chi connectivity index (χ4v) is 1.47. The monoisotopic (exact) mass is 248 g/mol. The minimum atomic E-state index is -0.144. The molecule has 0 radical (unpaired) electrons. The van der Waals surface area contributed by atoms with Crippen molar-refractivity contribution in [3.05, 3.63) is 18.3 Å². The van der Waals surface area contributed by atoms with E-state index in [2.05, 4.69) is 15.6 Å². The van der Waals surface area contributed by atoms with Gasteiger partial charge in [-0.3, -0.25) is 9.59 Å². The minimum Gasteiger partial charge on any atom is -0.330 e. The average molecular weight is 248 g/mol. The molecular formula is C12H16N4O2. The van der Waals surface area contributed by atoms with Crippen LogP contribution in [0.5, 0.6) is 0 Å². The van der Waals surface area contributed by atoms with Gasteiger partial charge >= 0.3 is 0 Å². The number of anilines is 2. The third-order valence-electron chi connectivity index (χ3n) is 2.62.